The van der Waals surface area contributed by atoms with Gasteiger partial charge in [0.1, 0.15) is 6.04 Å². The molecule has 2 atom stereocenters. The first kappa shape index (κ1) is 12.7. The van der Waals surface area contributed by atoms with Crippen LogP contribution >= 0.6 is 11.5 Å². The second-order valence-electron chi connectivity index (χ2n) is 3.43. The molecule has 0 fully saturated rings. The second-order valence-corrected chi connectivity index (χ2v) is 4.18. The van der Waals surface area contributed by atoms with E-state index in [9.17, 15) is 4.79 Å². The van der Waals surface area contributed by atoms with E-state index in [1.54, 1.807) is 0 Å². The Balaban J connectivity index is 2.71. The molecule has 6 nitrogen and oxygen atoms in total. The van der Waals surface area contributed by atoms with E-state index in [2.05, 4.69) is 14.7 Å². The van der Waals surface area contributed by atoms with Crippen LogP contribution < -0.4 is 10.1 Å². The van der Waals surface area contributed by atoms with Gasteiger partial charge in [0.25, 0.3) is 0 Å². The number of carbonyl (C=O) groups is 1. The third-order valence-corrected chi connectivity index (χ3v) is 2.98. The number of hydrogen-bond donors (Lipinski definition) is 2. The Hall–Kier alpha value is -1.37. The quantitative estimate of drug-likeness (QED) is 0.789. The average molecular weight is 245 g/mol. The van der Waals surface area contributed by atoms with E-state index in [4.69, 9.17) is 9.84 Å². The lowest BCUT2D eigenvalue weighted by atomic mass is 10.00. The number of carboxylic acids is 1. The Labute approximate surface area is 97.8 Å². The van der Waals surface area contributed by atoms with Crippen LogP contribution in [0.15, 0.2) is 0 Å². The zero-order valence-electron chi connectivity index (χ0n) is 9.43. The van der Waals surface area contributed by atoms with Crippen LogP contribution in [0.4, 0.5) is 5.13 Å². The molecule has 0 spiro atoms. The molecule has 0 saturated carbocycles. The molecule has 90 valence electrons. The molecular weight excluding hydrogens is 230 g/mol. The molecule has 1 heterocycles. The Kier molecular flexibility index (Phi) is 4.48. The van der Waals surface area contributed by atoms with Gasteiger partial charge in [-0.05, 0) is 5.92 Å². The number of methoxy groups -OCH3 is 1. The van der Waals surface area contributed by atoms with Gasteiger partial charge in [-0.3, -0.25) is 0 Å². The molecule has 0 amide bonds. The van der Waals surface area contributed by atoms with Gasteiger partial charge in [0.15, 0.2) is 0 Å². The third kappa shape index (κ3) is 3.06. The third-order valence-electron chi connectivity index (χ3n) is 2.35. The van der Waals surface area contributed by atoms with Crippen molar-refractivity contribution in [1.82, 2.24) is 9.36 Å². The first-order valence-corrected chi connectivity index (χ1v) is 5.72. The fraction of sp³-hybridized carbons (Fsp3) is 0.667. The van der Waals surface area contributed by atoms with Gasteiger partial charge in [0.05, 0.1) is 7.11 Å². The molecule has 0 aliphatic heterocycles. The summed E-state index contributed by atoms with van der Waals surface area (Å²) >= 11 is 1.09. The lowest BCUT2D eigenvalue weighted by Gasteiger charge is -2.18. The summed E-state index contributed by atoms with van der Waals surface area (Å²) in [6, 6.07) is -0.400. The summed E-state index contributed by atoms with van der Waals surface area (Å²) in [7, 11) is 1.47. The predicted molar refractivity (Wildman–Crippen MR) is 61.0 cm³/mol. The van der Waals surface area contributed by atoms with Crippen LogP contribution in [0.2, 0.25) is 0 Å². The van der Waals surface area contributed by atoms with E-state index in [0.717, 1.165) is 18.0 Å². The van der Waals surface area contributed by atoms with Crippen molar-refractivity contribution < 1.29 is 14.6 Å². The number of nitrogens with one attached hydrogen (secondary N) is 1. The highest BCUT2D eigenvalue weighted by Gasteiger charge is 2.24. The first-order chi connectivity index (χ1) is 7.58. The largest absolute Gasteiger partial charge is 0.480 e. The second kappa shape index (κ2) is 5.64. The van der Waals surface area contributed by atoms with Crippen LogP contribution in [0.3, 0.4) is 0 Å². The summed E-state index contributed by atoms with van der Waals surface area (Å²) < 4.78 is 8.71. The van der Waals surface area contributed by atoms with Crippen LogP contribution in [0.25, 0.3) is 0 Å². The van der Waals surface area contributed by atoms with E-state index < -0.39 is 12.0 Å². The van der Waals surface area contributed by atoms with Crippen molar-refractivity contribution in [2.45, 2.75) is 26.3 Å². The molecule has 16 heavy (non-hydrogen) atoms. The van der Waals surface area contributed by atoms with Gasteiger partial charge in [-0.2, -0.15) is 4.98 Å². The minimum absolute atomic E-state index is 0.0207. The van der Waals surface area contributed by atoms with Crippen LogP contribution in [0.1, 0.15) is 20.3 Å². The van der Waals surface area contributed by atoms with E-state index in [1.165, 1.54) is 7.11 Å². The summed E-state index contributed by atoms with van der Waals surface area (Å²) in [4.78, 5) is 15.0. The number of aliphatic carboxylic acids is 1. The maximum atomic E-state index is 11.0. The highest BCUT2D eigenvalue weighted by molar-refractivity contribution is 7.09. The van der Waals surface area contributed by atoms with Crippen LogP contribution in [-0.4, -0.2) is 33.6 Å². The van der Waals surface area contributed by atoms with Crippen molar-refractivity contribution >= 4 is 22.6 Å². The maximum absolute atomic E-state index is 11.0. The summed E-state index contributed by atoms with van der Waals surface area (Å²) in [5.41, 5.74) is 0. The monoisotopic (exact) mass is 245 g/mol. The number of nitrogens with zero attached hydrogens (tertiary/aromatic N) is 2. The first-order valence-electron chi connectivity index (χ1n) is 4.95. The zero-order valence-corrected chi connectivity index (χ0v) is 10.2. The molecule has 1 rings (SSSR count). The smallest absolute Gasteiger partial charge is 0.329 e. The van der Waals surface area contributed by atoms with Gasteiger partial charge >= 0.3 is 12.0 Å². The average Bonchev–Trinajstić information content (AvgIpc) is 2.72. The Morgan fingerprint density at radius 2 is 2.38 bits per heavy atom. The summed E-state index contributed by atoms with van der Waals surface area (Å²) in [6.45, 7) is 3.83. The van der Waals surface area contributed by atoms with Crippen molar-refractivity contribution in [3.05, 3.63) is 0 Å². The van der Waals surface area contributed by atoms with Gasteiger partial charge in [-0.1, -0.05) is 20.3 Å². The summed E-state index contributed by atoms with van der Waals surface area (Å²) in [5, 5.41) is 12.4. The Bertz CT molecular complexity index is 356. The standard InChI is InChI=1S/C9H15N3O3S/c1-4-5(2)6(7(13)14)10-9-11-8(15-3)12-16-9/h5-6H,4H2,1-3H3,(H,13,14)(H,10,11,12)/t5-,6-/m0/s1. The fourth-order valence-electron chi connectivity index (χ4n) is 1.17. The summed E-state index contributed by atoms with van der Waals surface area (Å²) in [5.74, 6) is -0.865. The van der Waals surface area contributed by atoms with Crippen LogP contribution in [-0.2, 0) is 4.79 Å². The molecule has 0 radical (unpaired) electrons. The van der Waals surface area contributed by atoms with E-state index in [1.807, 2.05) is 13.8 Å². The van der Waals surface area contributed by atoms with Gasteiger partial charge in [-0.15, -0.1) is 4.37 Å². The van der Waals surface area contributed by atoms with Crippen LogP contribution in [0, 0.1) is 5.92 Å². The fourth-order valence-corrected chi connectivity index (χ4v) is 1.75. The minimum Gasteiger partial charge on any atom is -0.480 e. The number of aromatic nitrogens is 2. The Morgan fingerprint density at radius 1 is 1.69 bits per heavy atom. The molecule has 0 aromatic carbocycles. The number of anilines is 1. The molecule has 0 unspecified atom stereocenters. The minimum atomic E-state index is -0.886. The Morgan fingerprint density at radius 3 is 2.81 bits per heavy atom. The molecule has 1 aromatic heterocycles. The number of hydrogen-bond acceptors (Lipinski definition) is 6. The maximum Gasteiger partial charge on any atom is 0.329 e. The number of ether oxygens (including phenoxy) is 1. The lowest BCUT2D eigenvalue weighted by Crippen LogP contribution is -2.35. The van der Waals surface area contributed by atoms with Crippen molar-refractivity contribution in [1.29, 1.82) is 0 Å². The van der Waals surface area contributed by atoms with Crippen molar-refractivity contribution in [3.63, 3.8) is 0 Å². The molecule has 1 aromatic rings. The van der Waals surface area contributed by atoms with Crippen molar-refractivity contribution in [2.24, 2.45) is 5.92 Å². The number of rotatable bonds is 6. The highest BCUT2D eigenvalue weighted by Crippen LogP contribution is 2.19. The van der Waals surface area contributed by atoms with Gasteiger partial charge in [0.2, 0.25) is 5.13 Å². The molecular formula is C9H15N3O3S. The van der Waals surface area contributed by atoms with E-state index >= 15 is 0 Å². The topological polar surface area (TPSA) is 84.3 Å². The normalized spacial score (nSPS) is 14.2. The van der Waals surface area contributed by atoms with Gasteiger partial charge < -0.3 is 15.2 Å². The molecule has 0 saturated heterocycles. The number of carboxylic acid groups (broad SMARTS) is 1. The van der Waals surface area contributed by atoms with Crippen molar-refractivity contribution in [2.75, 3.05) is 12.4 Å². The SMILES string of the molecule is CC[C@H](C)[C@H](Nc1nc(OC)ns1)C(=O)O. The molecule has 7 heteroatoms. The van der Waals surface area contributed by atoms with Gasteiger partial charge in [0, 0.05) is 11.5 Å². The molecule has 0 bridgehead atoms. The molecule has 0 aliphatic carbocycles. The van der Waals surface area contributed by atoms with Gasteiger partial charge in [-0.25, -0.2) is 4.79 Å². The van der Waals surface area contributed by atoms with E-state index in [0.29, 0.717) is 5.13 Å². The van der Waals surface area contributed by atoms with E-state index in [-0.39, 0.29) is 11.9 Å². The molecule has 2 N–H and O–H groups in total. The van der Waals surface area contributed by atoms with Crippen molar-refractivity contribution in [3.8, 4) is 6.01 Å². The van der Waals surface area contributed by atoms with Crippen LogP contribution in [0.5, 0.6) is 6.01 Å². The summed E-state index contributed by atoms with van der Waals surface area (Å²) in [6.07, 6.45) is 0.778. The molecule has 0 aliphatic rings. The lowest BCUT2D eigenvalue weighted by molar-refractivity contribution is -0.139. The highest BCUT2D eigenvalue weighted by atomic mass is 32.1. The zero-order chi connectivity index (χ0) is 12.1. The predicted octanol–water partition coefficient (Wildman–Crippen LogP) is 1.46.